The molecule has 1 aromatic heterocycles. The van der Waals surface area contributed by atoms with Gasteiger partial charge in [0.05, 0.1) is 23.2 Å². The lowest BCUT2D eigenvalue weighted by Crippen LogP contribution is -2.24. The summed E-state index contributed by atoms with van der Waals surface area (Å²) in [5, 5.41) is 2.63. The van der Waals surface area contributed by atoms with Gasteiger partial charge >= 0.3 is 0 Å². The maximum atomic E-state index is 12.3. The molecule has 0 spiro atoms. The molecule has 0 fully saturated rings. The number of rotatable bonds is 5. The molecule has 0 radical (unpaired) electrons. The predicted molar refractivity (Wildman–Crippen MR) is 92.7 cm³/mol. The fourth-order valence-corrected chi connectivity index (χ4v) is 3.24. The number of oxazole rings is 1. The number of carbonyl (C=O) groups is 1. The maximum absolute atomic E-state index is 12.3. The summed E-state index contributed by atoms with van der Waals surface area (Å²) in [6.45, 7) is 0.0593. The summed E-state index contributed by atoms with van der Waals surface area (Å²) in [6.07, 6.45) is 2.65. The highest BCUT2D eigenvalue weighted by atomic mass is 32.2. The first-order valence-electron chi connectivity index (χ1n) is 7.52. The first-order valence-corrected chi connectivity index (χ1v) is 9.42. The molecular formula is C18H16N2O4S. The number of sulfone groups is 1. The summed E-state index contributed by atoms with van der Waals surface area (Å²) < 4.78 is 29.2. The van der Waals surface area contributed by atoms with Crippen molar-refractivity contribution in [2.24, 2.45) is 0 Å². The second kappa shape index (κ2) is 6.90. The van der Waals surface area contributed by atoms with E-state index in [9.17, 15) is 13.2 Å². The molecule has 0 saturated carbocycles. The molecule has 2 aromatic carbocycles. The van der Waals surface area contributed by atoms with Crippen LogP contribution < -0.4 is 5.32 Å². The van der Waals surface area contributed by atoms with Crippen LogP contribution in [0.1, 0.15) is 16.2 Å². The van der Waals surface area contributed by atoms with Crippen LogP contribution in [0.15, 0.2) is 70.1 Å². The van der Waals surface area contributed by atoms with Gasteiger partial charge in [-0.05, 0) is 12.1 Å². The third kappa shape index (κ3) is 3.95. The Morgan fingerprint density at radius 3 is 2.48 bits per heavy atom. The van der Waals surface area contributed by atoms with Crippen molar-refractivity contribution in [3.8, 4) is 11.3 Å². The third-order valence-corrected chi connectivity index (χ3v) is 4.70. The van der Waals surface area contributed by atoms with Crippen molar-refractivity contribution in [2.45, 2.75) is 11.4 Å². The summed E-state index contributed by atoms with van der Waals surface area (Å²) in [5.74, 6) is 0.436. The molecule has 0 aliphatic heterocycles. The van der Waals surface area contributed by atoms with Gasteiger partial charge in [0, 0.05) is 11.8 Å². The Hall–Kier alpha value is -2.93. The topological polar surface area (TPSA) is 89.3 Å². The zero-order valence-electron chi connectivity index (χ0n) is 13.5. The van der Waals surface area contributed by atoms with Crippen LogP contribution in [-0.2, 0) is 16.4 Å². The van der Waals surface area contributed by atoms with Crippen LogP contribution in [0.2, 0.25) is 0 Å². The van der Waals surface area contributed by atoms with Gasteiger partial charge in [-0.3, -0.25) is 4.79 Å². The highest BCUT2D eigenvalue weighted by Gasteiger charge is 2.18. The number of benzene rings is 2. The van der Waals surface area contributed by atoms with Gasteiger partial charge in [-0.25, -0.2) is 13.4 Å². The van der Waals surface area contributed by atoms with Crippen molar-refractivity contribution in [3.63, 3.8) is 0 Å². The molecular weight excluding hydrogens is 340 g/mol. The van der Waals surface area contributed by atoms with E-state index in [2.05, 4.69) is 10.3 Å². The van der Waals surface area contributed by atoms with Crippen LogP contribution in [-0.4, -0.2) is 25.6 Å². The molecule has 25 heavy (non-hydrogen) atoms. The quantitative estimate of drug-likeness (QED) is 0.759. The van der Waals surface area contributed by atoms with E-state index < -0.39 is 15.7 Å². The van der Waals surface area contributed by atoms with Crippen LogP contribution in [0.25, 0.3) is 11.3 Å². The maximum Gasteiger partial charge on any atom is 0.253 e. The van der Waals surface area contributed by atoms with Crippen molar-refractivity contribution in [1.29, 1.82) is 0 Å². The molecule has 0 aliphatic rings. The monoisotopic (exact) mass is 356 g/mol. The minimum atomic E-state index is -3.49. The number of aromatic nitrogens is 1. The lowest BCUT2D eigenvalue weighted by molar-refractivity contribution is 0.0944. The van der Waals surface area contributed by atoms with Gasteiger partial charge in [-0.15, -0.1) is 0 Å². The molecule has 3 aromatic rings. The molecule has 0 atom stereocenters. The Balaban J connectivity index is 1.73. The first kappa shape index (κ1) is 16.9. The fourth-order valence-electron chi connectivity index (χ4n) is 2.36. The van der Waals surface area contributed by atoms with E-state index in [0.717, 1.165) is 11.8 Å². The summed E-state index contributed by atoms with van der Waals surface area (Å²) in [7, 11) is -3.49. The van der Waals surface area contributed by atoms with Crippen LogP contribution in [0.3, 0.4) is 0 Å². The number of hydrogen-bond acceptors (Lipinski definition) is 5. The van der Waals surface area contributed by atoms with Gasteiger partial charge in [0.15, 0.2) is 15.6 Å². The fraction of sp³-hybridized carbons (Fsp3) is 0.111. The van der Waals surface area contributed by atoms with Gasteiger partial charge < -0.3 is 9.73 Å². The number of carbonyl (C=O) groups excluding carboxylic acids is 1. The number of nitrogens with one attached hydrogen (secondary N) is 1. The Labute approximate surface area is 145 Å². The summed E-state index contributed by atoms with van der Waals surface area (Å²) >= 11 is 0. The van der Waals surface area contributed by atoms with E-state index in [1.54, 1.807) is 18.3 Å². The highest BCUT2D eigenvalue weighted by Crippen LogP contribution is 2.20. The summed E-state index contributed by atoms with van der Waals surface area (Å²) in [4.78, 5) is 16.4. The average Bonchev–Trinajstić information content (AvgIpc) is 3.09. The standard InChI is InChI=1S/C18H16N2O4S/c1-25(22,23)16-10-6-5-9-14(16)18(21)20-12-17-19-11-15(24-17)13-7-3-2-4-8-13/h2-11H,12H2,1H3,(H,20,21). The number of amides is 1. The molecule has 1 amide bonds. The Kier molecular flexibility index (Phi) is 4.67. The third-order valence-electron chi connectivity index (χ3n) is 3.54. The molecule has 0 unspecified atom stereocenters. The SMILES string of the molecule is CS(=O)(=O)c1ccccc1C(=O)NCc1ncc(-c2ccccc2)o1. The lowest BCUT2D eigenvalue weighted by Gasteiger charge is -2.07. The first-order chi connectivity index (χ1) is 11.9. The minimum Gasteiger partial charge on any atom is -0.439 e. The number of hydrogen-bond donors (Lipinski definition) is 1. The molecule has 1 N–H and O–H groups in total. The Morgan fingerprint density at radius 1 is 1.08 bits per heavy atom. The van der Waals surface area contributed by atoms with E-state index in [4.69, 9.17) is 4.42 Å². The van der Waals surface area contributed by atoms with Crippen molar-refractivity contribution < 1.29 is 17.6 Å². The molecule has 0 saturated heterocycles. The molecule has 0 bridgehead atoms. The van der Waals surface area contributed by atoms with Crippen molar-refractivity contribution >= 4 is 15.7 Å². The molecule has 0 aliphatic carbocycles. The van der Waals surface area contributed by atoms with Crippen molar-refractivity contribution in [3.05, 3.63) is 72.2 Å². The van der Waals surface area contributed by atoms with Crippen LogP contribution in [0.4, 0.5) is 0 Å². The second-order valence-electron chi connectivity index (χ2n) is 5.44. The zero-order chi connectivity index (χ0) is 17.9. The molecule has 128 valence electrons. The predicted octanol–water partition coefficient (Wildman–Crippen LogP) is 2.68. The van der Waals surface area contributed by atoms with Gasteiger partial charge in [0.1, 0.15) is 0 Å². The minimum absolute atomic E-state index is 0.00937. The van der Waals surface area contributed by atoms with Crippen molar-refractivity contribution in [2.75, 3.05) is 6.26 Å². The largest absolute Gasteiger partial charge is 0.439 e. The van der Waals surface area contributed by atoms with Crippen molar-refractivity contribution in [1.82, 2.24) is 10.3 Å². The normalized spacial score (nSPS) is 11.2. The Morgan fingerprint density at radius 2 is 1.76 bits per heavy atom. The van der Waals surface area contributed by atoms with E-state index in [-0.39, 0.29) is 17.0 Å². The smallest absolute Gasteiger partial charge is 0.253 e. The highest BCUT2D eigenvalue weighted by molar-refractivity contribution is 7.90. The number of nitrogens with zero attached hydrogens (tertiary/aromatic N) is 1. The molecule has 3 rings (SSSR count). The lowest BCUT2D eigenvalue weighted by atomic mass is 10.2. The van der Waals surface area contributed by atoms with E-state index in [1.165, 1.54) is 12.1 Å². The Bertz CT molecular complexity index is 995. The van der Waals surface area contributed by atoms with E-state index >= 15 is 0 Å². The molecule has 1 heterocycles. The average molecular weight is 356 g/mol. The van der Waals surface area contributed by atoms with Gasteiger partial charge in [-0.1, -0.05) is 42.5 Å². The van der Waals surface area contributed by atoms with Crippen LogP contribution in [0, 0.1) is 0 Å². The van der Waals surface area contributed by atoms with Gasteiger partial charge in [0.2, 0.25) is 5.89 Å². The van der Waals surface area contributed by atoms with Crippen LogP contribution >= 0.6 is 0 Å². The zero-order valence-corrected chi connectivity index (χ0v) is 14.3. The van der Waals surface area contributed by atoms with Gasteiger partial charge in [-0.2, -0.15) is 0 Å². The summed E-state index contributed by atoms with van der Waals surface area (Å²) in [5.41, 5.74) is 0.981. The van der Waals surface area contributed by atoms with Gasteiger partial charge in [0.25, 0.3) is 5.91 Å². The van der Waals surface area contributed by atoms with Crippen LogP contribution in [0.5, 0.6) is 0 Å². The summed E-state index contributed by atoms with van der Waals surface area (Å²) in [6, 6.07) is 15.5. The molecule has 7 heteroatoms. The van der Waals surface area contributed by atoms with E-state index in [1.807, 2.05) is 30.3 Å². The second-order valence-corrected chi connectivity index (χ2v) is 7.42. The molecule has 6 nitrogen and oxygen atoms in total. The van der Waals surface area contributed by atoms with E-state index in [0.29, 0.717) is 11.7 Å².